The first-order valence-corrected chi connectivity index (χ1v) is 7.48. The standard InChI is InChI=1S/C17H23NO4/c1-11-7-5-6-8-12(11)14-13(15(19)20)9-10-18(14)16(21)22-17(2,3)4/h5-8,13-14H,9-10H2,1-4H3,(H,19,20). The summed E-state index contributed by atoms with van der Waals surface area (Å²) in [6.07, 6.45) is -0.0161. The number of amides is 1. The molecule has 2 rings (SSSR count). The topological polar surface area (TPSA) is 66.8 Å². The van der Waals surface area contributed by atoms with E-state index in [0.29, 0.717) is 13.0 Å². The molecule has 0 spiro atoms. The summed E-state index contributed by atoms with van der Waals surface area (Å²) in [7, 11) is 0. The number of likely N-dealkylation sites (tertiary alicyclic amines) is 1. The lowest BCUT2D eigenvalue weighted by Crippen LogP contribution is -2.38. The molecule has 1 aliphatic rings. The van der Waals surface area contributed by atoms with Crippen LogP contribution in [0.5, 0.6) is 0 Å². The minimum Gasteiger partial charge on any atom is -0.481 e. The summed E-state index contributed by atoms with van der Waals surface area (Å²) in [6.45, 7) is 7.74. The number of nitrogens with zero attached hydrogens (tertiary/aromatic N) is 1. The van der Waals surface area contributed by atoms with Gasteiger partial charge in [0, 0.05) is 6.54 Å². The number of ether oxygens (including phenoxy) is 1. The maximum atomic E-state index is 12.4. The van der Waals surface area contributed by atoms with Crippen LogP contribution in [0.1, 0.15) is 44.4 Å². The van der Waals surface area contributed by atoms with E-state index in [-0.39, 0.29) is 0 Å². The summed E-state index contributed by atoms with van der Waals surface area (Å²) >= 11 is 0. The summed E-state index contributed by atoms with van der Waals surface area (Å²) < 4.78 is 5.44. The summed E-state index contributed by atoms with van der Waals surface area (Å²) in [5.74, 6) is -1.48. The van der Waals surface area contributed by atoms with Gasteiger partial charge in [0.1, 0.15) is 5.60 Å². The summed E-state index contributed by atoms with van der Waals surface area (Å²) in [5, 5.41) is 9.49. The lowest BCUT2D eigenvalue weighted by atomic mass is 9.91. The molecule has 1 amide bonds. The molecule has 0 bridgehead atoms. The highest BCUT2D eigenvalue weighted by Crippen LogP contribution is 2.39. The molecule has 1 aliphatic heterocycles. The van der Waals surface area contributed by atoms with E-state index in [1.54, 1.807) is 25.7 Å². The van der Waals surface area contributed by atoms with Gasteiger partial charge in [-0.2, -0.15) is 0 Å². The van der Waals surface area contributed by atoms with Gasteiger partial charge >= 0.3 is 12.1 Å². The zero-order valence-electron chi connectivity index (χ0n) is 13.5. The number of benzene rings is 1. The maximum Gasteiger partial charge on any atom is 0.410 e. The second-order valence-electron chi connectivity index (χ2n) is 6.71. The van der Waals surface area contributed by atoms with Gasteiger partial charge < -0.3 is 14.7 Å². The van der Waals surface area contributed by atoms with Crippen LogP contribution in [0.3, 0.4) is 0 Å². The molecule has 120 valence electrons. The quantitative estimate of drug-likeness (QED) is 0.909. The molecule has 1 N–H and O–H groups in total. The van der Waals surface area contributed by atoms with Gasteiger partial charge in [0.15, 0.2) is 0 Å². The Morgan fingerprint density at radius 3 is 2.45 bits per heavy atom. The third-order valence-electron chi connectivity index (χ3n) is 3.85. The lowest BCUT2D eigenvalue weighted by Gasteiger charge is -2.30. The van der Waals surface area contributed by atoms with Crippen molar-refractivity contribution in [3.8, 4) is 0 Å². The van der Waals surface area contributed by atoms with Gasteiger partial charge in [0.25, 0.3) is 0 Å². The number of aryl methyl sites for hydroxylation is 1. The SMILES string of the molecule is Cc1ccccc1C1C(C(=O)O)CCN1C(=O)OC(C)(C)C. The normalized spacial score (nSPS) is 21.7. The second kappa shape index (κ2) is 5.99. The summed E-state index contributed by atoms with van der Waals surface area (Å²) in [4.78, 5) is 25.6. The number of hydrogen-bond acceptors (Lipinski definition) is 3. The average molecular weight is 305 g/mol. The zero-order valence-corrected chi connectivity index (χ0v) is 13.5. The van der Waals surface area contributed by atoms with E-state index in [0.717, 1.165) is 11.1 Å². The molecule has 0 radical (unpaired) electrons. The number of aliphatic carboxylic acids is 1. The van der Waals surface area contributed by atoms with Crippen LogP contribution >= 0.6 is 0 Å². The van der Waals surface area contributed by atoms with Crippen molar-refractivity contribution >= 4 is 12.1 Å². The first-order valence-electron chi connectivity index (χ1n) is 7.48. The highest BCUT2D eigenvalue weighted by atomic mass is 16.6. The first-order chi connectivity index (χ1) is 10.2. The minimum atomic E-state index is -0.876. The van der Waals surface area contributed by atoms with Crippen LogP contribution in [0.4, 0.5) is 4.79 Å². The Kier molecular flexibility index (Phi) is 4.44. The van der Waals surface area contributed by atoms with Gasteiger partial charge in [-0.05, 0) is 45.2 Å². The Hall–Kier alpha value is -2.04. The van der Waals surface area contributed by atoms with E-state index in [9.17, 15) is 14.7 Å². The van der Waals surface area contributed by atoms with Crippen molar-refractivity contribution in [2.24, 2.45) is 5.92 Å². The molecular formula is C17H23NO4. The number of carboxylic acids is 1. The highest BCUT2D eigenvalue weighted by Gasteiger charge is 2.44. The Morgan fingerprint density at radius 2 is 1.91 bits per heavy atom. The molecule has 2 unspecified atom stereocenters. The fourth-order valence-corrected chi connectivity index (χ4v) is 2.88. The van der Waals surface area contributed by atoms with Gasteiger partial charge in [-0.3, -0.25) is 4.79 Å². The monoisotopic (exact) mass is 305 g/mol. The molecule has 1 aromatic rings. The molecular weight excluding hydrogens is 282 g/mol. The molecule has 2 atom stereocenters. The molecule has 1 saturated heterocycles. The Bertz CT molecular complexity index is 576. The van der Waals surface area contributed by atoms with Crippen LogP contribution in [-0.4, -0.2) is 34.2 Å². The Morgan fingerprint density at radius 1 is 1.27 bits per heavy atom. The Labute approximate surface area is 130 Å². The predicted octanol–water partition coefficient (Wildman–Crippen LogP) is 3.38. The summed E-state index contributed by atoms with van der Waals surface area (Å²) in [5.41, 5.74) is 1.25. The van der Waals surface area contributed by atoms with Crippen molar-refractivity contribution in [2.45, 2.75) is 45.8 Å². The first kappa shape index (κ1) is 16.3. The van der Waals surface area contributed by atoms with Gasteiger partial charge in [-0.25, -0.2) is 4.79 Å². The lowest BCUT2D eigenvalue weighted by molar-refractivity contribution is -0.142. The van der Waals surface area contributed by atoms with Crippen LogP contribution in [0, 0.1) is 12.8 Å². The fraction of sp³-hybridized carbons (Fsp3) is 0.529. The number of carbonyl (C=O) groups excluding carboxylic acids is 1. The molecule has 0 aromatic heterocycles. The van der Waals surface area contributed by atoms with E-state index in [1.165, 1.54) is 0 Å². The smallest absolute Gasteiger partial charge is 0.410 e. The van der Waals surface area contributed by atoms with Crippen LogP contribution < -0.4 is 0 Å². The number of carbonyl (C=O) groups is 2. The average Bonchev–Trinajstić information content (AvgIpc) is 2.82. The minimum absolute atomic E-state index is 0.394. The van der Waals surface area contributed by atoms with Crippen molar-refractivity contribution < 1.29 is 19.4 Å². The maximum absolute atomic E-state index is 12.4. The van der Waals surface area contributed by atoms with Crippen molar-refractivity contribution in [3.05, 3.63) is 35.4 Å². The van der Waals surface area contributed by atoms with Gasteiger partial charge in [0.05, 0.1) is 12.0 Å². The van der Waals surface area contributed by atoms with Crippen LogP contribution in [0.25, 0.3) is 0 Å². The molecule has 22 heavy (non-hydrogen) atoms. The molecule has 1 aromatic carbocycles. The van der Waals surface area contributed by atoms with E-state index >= 15 is 0 Å². The molecule has 5 heteroatoms. The third kappa shape index (κ3) is 3.40. The highest BCUT2D eigenvalue weighted by molar-refractivity contribution is 5.76. The van der Waals surface area contributed by atoms with E-state index in [4.69, 9.17) is 4.74 Å². The van der Waals surface area contributed by atoms with E-state index in [2.05, 4.69) is 0 Å². The van der Waals surface area contributed by atoms with Crippen LogP contribution in [0.15, 0.2) is 24.3 Å². The molecule has 5 nitrogen and oxygen atoms in total. The Balaban J connectivity index is 2.36. The van der Waals surface area contributed by atoms with E-state index in [1.807, 2.05) is 31.2 Å². The predicted molar refractivity (Wildman–Crippen MR) is 82.6 cm³/mol. The van der Waals surface area contributed by atoms with Gasteiger partial charge in [-0.1, -0.05) is 24.3 Å². The van der Waals surface area contributed by atoms with Gasteiger partial charge in [-0.15, -0.1) is 0 Å². The van der Waals surface area contributed by atoms with Crippen molar-refractivity contribution in [3.63, 3.8) is 0 Å². The van der Waals surface area contributed by atoms with Crippen molar-refractivity contribution in [2.75, 3.05) is 6.54 Å². The van der Waals surface area contributed by atoms with Crippen molar-refractivity contribution in [1.82, 2.24) is 4.90 Å². The molecule has 0 aliphatic carbocycles. The zero-order chi connectivity index (χ0) is 16.5. The summed E-state index contributed by atoms with van der Waals surface area (Å²) in [6, 6.07) is 7.11. The van der Waals surface area contributed by atoms with Crippen LogP contribution in [0.2, 0.25) is 0 Å². The fourth-order valence-electron chi connectivity index (χ4n) is 2.88. The van der Waals surface area contributed by atoms with Gasteiger partial charge in [0.2, 0.25) is 0 Å². The second-order valence-corrected chi connectivity index (χ2v) is 6.71. The number of rotatable bonds is 2. The molecule has 0 saturated carbocycles. The third-order valence-corrected chi connectivity index (χ3v) is 3.85. The van der Waals surface area contributed by atoms with Crippen molar-refractivity contribution in [1.29, 1.82) is 0 Å². The molecule has 1 heterocycles. The largest absolute Gasteiger partial charge is 0.481 e. The van der Waals surface area contributed by atoms with Crippen LogP contribution in [-0.2, 0) is 9.53 Å². The molecule has 1 fully saturated rings. The van der Waals surface area contributed by atoms with E-state index < -0.39 is 29.6 Å². The number of carboxylic acid groups (broad SMARTS) is 1. The number of hydrogen-bond donors (Lipinski definition) is 1.